The maximum absolute atomic E-state index is 9.87. The van der Waals surface area contributed by atoms with Crippen LogP contribution in [0.3, 0.4) is 0 Å². The monoisotopic (exact) mass is 253 g/mol. The van der Waals surface area contributed by atoms with Gasteiger partial charge in [-0.2, -0.15) is 0 Å². The Balaban J connectivity index is 1.76. The zero-order valence-corrected chi connectivity index (χ0v) is 10.8. The molecule has 1 fully saturated rings. The van der Waals surface area contributed by atoms with Gasteiger partial charge in [0, 0.05) is 18.2 Å². The Morgan fingerprint density at radius 1 is 1.12 bits per heavy atom. The van der Waals surface area contributed by atoms with Crippen molar-refractivity contribution in [3.63, 3.8) is 0 Å². The molecule has 1 N–H and O–H groups in total. The molecule has 1 aromatic heterocycles. The number of aliphatic hydroxyl groups excluding tert-OH is 1. The first-order valence-electron chi connectivity index (χ1n) is 6.61. The Labute approximate surface area is 106 Å². The van der Waals surface area contributed by atoms with Crippen LogP contribution in [0.4, 0.5) is 0 Å². The number of aryl methyl sites for hydroxylation is 1. The summed E-state index contributed by atoms with van der Waals surface area (Å²) in [5, 5.41) is 19.8. The highest BCUT2D eigenvalue weighted by atomic mass is 32.2. The summed E-state index contributed by atoms with van der Waals surface area (Å²) in [4.78, 5) is 0. The first-order valence-corrected chi connectivity index (χ1v) is 7.49. The number of rotatable bonds is 2. The Morgan fingerprint density at radius 3 is 2.88 bits per heavy atom. The van der Waals surface area contributed by atoms with Crippen LogP contribution in [0, 0.1) is 0 Å². The number of hydrogen-bond donors (Lipinski definition) is 1. The van der Waals surface area contributed by atoms with Gasteiger partial charge in [0.05, 0.1) is 6.10 Å². The highest BCUT2D eigenvalue weighted by Gasteiger charge is 2.28. The van der Waals surface area contributed by atoms with E-state index in [1.165, 1.54) is 19.3 Å². The molecule has 0 saturated heterocycles. The lowest BCUT2D eigenvalue weighted by Gasteiger charge is -2.14. The van der Waals surface area contributed by atoms with E-state index < -0.39 is 0 Å². The predicted octanol–water partition coefficient (Wildman–Crippen LogP) is 2.01. The van der Waals surface area contributed by atoms with Gasteiger partial charge in [-0.1, -0.05) is 18.2 Å². The van der Waals surface area contributed by atoms with Gasteiger partial charge in [0.2, 0.25) is 0 Å². The van der Waals surface area contributed by atoms with Crippen molar-refractivity contribution >= 4 is 11.8 Å². The second kappa shape index (κ2) is 4.98. The van der Waals surface area contributed by atoms with Gasteiger partial charge in [0.1, 0.15) is 5.82 Å². The van der Waals surface area contributed by atoms with Crippen LogP contribution in [0.5, 0.6) is 0 Å². The third-order valence-electron chi connectivity index (χ3n) is 3.75. The summed E-state index contributed by atoms with van der Waals surface area (Å²) < 4.78 is 2.27. The molecule has 94 valence electrons. The van der Waals surface area contributed by atoms with Gasteiger partial charge in [-0.15, -0.1) is 10.2 Å². The van der Waals surface area contributed by atoms with E-state index in [2.05, 4.69) is 14.8 Å². The van der Waals surface area contributed by atoms with Crippen molar-refractivity contribution in [2.75, 3.05) is 0 Å². The Kier molecular flexibility index (Phi) is 3.38. The van der Waals surface area contributed by atoms with Crippen LogP contribution < -0.4 is 0 Å². The molecule has 0 bridgehead atoms. The molecule has 2 heterocycles. The summed E-state index contributed by atoms with van der Waals surface area (Å²) in [6.07, 6.45) is 7.84. The van der Waals surface area contributed by atoms with Crippen molar-refractivity contribution in [2.24, 2.45) is 0 Å². The first-order chi connectivity index (χ1) is 8.34. The Hall–Kier alpha value is -0.550. The molecule has 1 aliphatic carbocycles. The number of aliphatic hydroxyl groups is 1. The molecular formula is C12H19N3OS. The molecule has 4 nitrogen and oxygen atoms in total. The minimum atomic E-state index is -0.154. The lowest BCUT2D eigenvalue weighted by Crippen LogP contribution is -2.16. The van der Waals surface area contributed by atoms with E-state index in [-0.39, 0.29) is 6.10 Å². The molecule has 0 amide bonds. The zero-order valence-electron chi connectivity index (χ0n) is 10.0. The van der Waals surface area contributed by atoms with Crippen LogP contribution in [-0.4, -0.2) is 31.2 Å². The Morgan fingerprint density at radius 2 is 2.06 bits per heavy atom. The maximum Gasteiger partial charge on any atom is 0.191 e. The molecule has 2 aliphatic rings. The van der Waals surface area contributed by atoms with Gasteiger partial charge in [-0.05, 0) is 32.1 Å². The number of thioether (sulfide) groups is 1. The van der Waals surface area contributed by atoms with Crippen LogP contribution in [0.1, 0.15) is 44.3 Å². The fourth-order valence-electron chi connectivity index (χ4n) is 2.72. The van der Waals surface area contributed by atoms with Crippen LogP contribution >= 0.6 is 11.8 Å². The van der Waals surface area contributed by atoms with Crippen molar-refractivity contribution in [2.45, 2.75) is 68.0 Å². The third kappa shape index (κ3) is 2.36. The summed E-state index contributed by atoms with van der Waals surface area (Å²) in [5.41, 5.74) is 0. The van der Waals surface area contributed by atoms with Crippen LogP contribution in [0.25, 0.3) is 0 Å². The van der Waals surface area contributed by atoms with Crippen LogP contribution in [-0.2, 0) is 13.0 Å². The summed E-state index contributed by atoms with van der Waals surface area (Å²) in [7, 11) is 0. The molecule has 2 atom stereocenters. The zero-order chi connectivity index (χ0) is 11.7. The normalized spacial score (nSPS) is 29.0. The van der Waals surface area contributed by atoms with Crippen molar-refractivity contribution < 1.29 is 5.11 Å². The summed E-state index contributed by atoms with van der Waals surface area (Å²) in [6, 6.07) is 0. The molecule has 1 saturated carbocycles. The topological polar surface area (TPSA) is 50.9 Å². The van der Waals surface area contributed by atoms with E-state index in [0.717, 1.165) is 43.2 Å². The minimum absolute atomic E-state index is 0.154. The summed E-state index contributed by atoms with van der Waals surface area (Å²) in [6.45, 7) is 1.05. The molecule has 3 rings (SSSR count). The van der Waals surface area contributed by atoms with E-state index in [1.807, 2.05) is 0 Å². The van der Waals surface area contributed by atoms with Crippen LogP contribution in [0.15, 0.2) is 5.16 Å². The van der Waals surface area contributed by atoms with Crippen molar-refractivity contribution in [3.8, 4) is 0 Å². The van der Waals surface area contributed by atoms with Crippen molar-refractivity contribution in [1.82, 2.24) is 14.8 Å². The minimum Gasteiger partial charge on any atom is -0.392 e. The molecule has 1 aromatic rings. The highest BCUT2D eigenvalue weighted by Crippen LogP contribution is 2.35. The SMILES string of the molecule is O[C@@H]1CCC[C@H]1Sc1nnc2n1CCCCC2. The lowest BCUT2D eigenvalue weighted by atomic mass is 10.2. The smallest absolute Gasteiger partial charge is 0.191 e. The van der Waals surface area contributed by atoms with E-state index >= 15 is 0 Å². The average molecular weight is 253 g/mol. The average Bonchev–Trinajstić information content (AvgIpc) is 2.81. The highest BCUT2D eigenvalue weighted by molar-refractivity contribution is 7.99. The third-order valence-corrected chi connectivity index (χ3v) is 5.12. The Bertz CT molecular complexity index is 393. The van der Waals surface area contributed by atoms with Gasteiger partial charge in [-0.25, -0.2) is 0 Å². The standard InChI is InChI=1S/C12H19N3OS/c16-9-5-4-6-10(9)17-12-14-13-11-7-2-1-3-8-15(11)12/h9-10,16H,1-8H2/t9-,10-/m1/s1. The van der Waals surface area contributed by atoms with Gasteiger partial charge in [0.25, 0.3) is 0 Å². The molecule has 17 heavy (non-hydrogen) atoms. The van der Waals surface area contributed by atoms with E-state index in [4.69, 9.17) is 0 Å². The van der Waals surface area contributed by atoms with Gasteiger partial charge in [-0.3, -0.25) is 0 Å². The summed E-state index contributed by atoms with van der Waals surface area (Å²) >= 11 is 1.73. The van der Waals surface area contributed by atoms with Gasteiger partial charge in [0.15, 0.2) is 5.16 Å². The summed E-state index contributed by atoms with van der Waals surface area (Å²) in [5.74, 6) is 1.14. The fraction of sp³-hybridized carbons (Fsp3) is 0.833. The van der Waals surface area contributed by atoms with Gasteiger partial charge < -0.3 is 9.67 Å². The molecule has 0 radical (unpaired) electrons. The van der Waals surface area contributed by atoms with Gasteiger partial charge >= 0.3 is 0 Å². The molecule has 1 aliphatic heterocycles. The lowest BCUT2D eigenvalue weighted by molar-refractivity contribution is 0.188. The molecular weight excluding hydrogens is 234 g/mol. The number of nitrogens with zero attached hydrogens (tertiary/aromatic N) is 3. The molecule has 0 aromatic carbocycles. The van der Waals surface area contributed by atoms with E-state index in [0.29, 0.717) is 5.25 Å². The number of aromatic nitrogens is 3. The number of fused-ring (bicyclic) bond motifs is 1. The molecule has 0 unspecified atom stereocenters. The fourth-order valence-corrected chi connectivity index (χ4v) is 3.99. The first kappa shape index (κ1) is 11.5. The second-order valence-electron chi connectivity index (χ2n) is 5.02. The molecule has 5 heteroatoms. The van der Waals surface area contributed by atoms with Crippen molar-refractivity contribution in [1.29, 1.82) is 0 Å². The van der Waals surface area contributed by atoms with Crippen LogP contribution in [0.2, 0.25) is 0 Å². The second-order valence-corrected chi connectivity index (χ2v) is 6.22. The van der Waals surface area contributed by atoms with Crippen molar-refractivity contribution in [3.05, 3.63) is 5.82 Å². The van der Waals surface area contributed by atoms with E-state index in [1.54, 1.807) is 11.8 Å². The largest absolute Gasteiger partial charge is 0.392 e. The quantitative estimate of drug-likeness (QED) is 0.876. The predicted molar refractivity (Wildman–Crippen MR) is 67.1 cm³/mol. The number of hydrogen-bond acceptors (Lipinski definition) is 4. The molecule has 0 spiro atoms. The van der Waals surface area contributed by atoms with E-state index in [9.17, 15) is 5.11 Å². The maximum atomic E-state index is 9.87.